The maximum Gasteiger partial charge on any atom is 0.320 e. The SMILES string of the molecule is CCC1CCN(Cc2c(F)cccc2Cl)C(C(=O)O)C1. The number of likely N-dealkylation sites (tertiary alicyclic amines) is 1. The van der Waals surface area contributed by atoms with Crippen LogP contribution in [0.2, 0.25) is 5.02 Å². The molecule has 0 spiro atoms. The molecule has 1 heterocycles. The molecule has 0 radical (unpaired) electrons. The summed E-state index contributed by atoms with van der Waals surface area (Å²) in [5.41, 5.74) is 0.385. The van der Waals surface area contributed by atoms with Crippen LogP contribution in [0.1, 0.15) is 31.7 Å². The molecule has 2 atom stereocenters. The monoisotopic (exact) mass is 299 g/mol. The van der Waals surface area contributed by atoms with Crippen LogP contribution in [0.4, 0.5) is 4.39 Å². The Morgan fingerprint density at radius 1 is 1.55 bits per heavy atom. The largest absolute Gasteiger partial charge is 0.480 e. The van der Waals surface area contributed by atoms with Crippen LogP contribution in [0.15, 0.2) is 18.2 Å². The number of carbonyl (C=O) groups is 1. The van der Waals surface area contributed by atoms with E-state index in [0.29, 0.717) is 29.5 Å². The molecule has 20 heavy (non-hydrogen) atoms. The van der Waals surface area contributed by atoms with Crippen molar-refractivity contribution in [2.45, 2.75) is 38.8 Å². The number of rotatable bonds is 4. The van der Waals surface area contributed by atoms with E-state index >= 15 is 0 Å². The third kappa shape index (κ3) is 3.30. The molecule has 2 unspecified atom stereocenters. The number of halogens is 2. The van der Waals surface area contributed by atoms with Crippen LogP contribution in [0.3, 0.4) is 0 Å². The minimum absolute atomic E-state index is 0.249. The van der Waals surface area contributed by atoms with Gasteiger partial charge in [0.2, 0.25) is 0 Å². The Bertz CT molecular complexity index is 475. The third-order valence-corrected chi connectivity index (χ3v) is 4.46. The van der Waals surface area contributed by atoms with Gasteiger partial charge in [0.25, 0.3) is 0 Å². The van der Waals surface area contributed by atoms with E-state index in [2.05, 4.69) is 6.92 Å². The van der Waals surface area contributed by atoms with Crippen LogP contribution in [-0.2, 0) is 11.3 Å². The van der Waals surface area contributed by atoms with Gasteiger partial charge in [-0.05, 0) is 37.4 Å². The molecule has 2 rings (SSSR count). The predicted molar refractivity (Wildman–Crippen MR) is 76.3 cm³/mol. The zero-order valence-electron chi connectivity index (χ0n) is 11.5. The highest BCUT2D eigenvalue weighted by atomic mass is 35.5. The number of nitrogens with zero attached hydrogens (tertiary/aromatic N) is 1. The average molecular weight is 300 g/mol. The van der Waals surface area contributed by atoms with Crippen molar-refractivity contribution < 1.29 is 14.3 Å². The van der Waals surface area contributed by atoms with Gasteiger partial charge in [-0.15, -0.1) is 0 Å². The number of carboxylic acids is 1. The lowest BCUT2D eigenvalue weighted by molar-refractivity contribution is -0.145. The highest BCUT2D eigenvalue weighted by Gasteiger charge is 2.33. The van der Waals surface area contributed by atoms with Gasteiger partial charge in [-0.3, -0.25) is 9.69 Å². The molecule has 1 aliphatic rings. The van der Waals surface area contributed by atoms with E-state index in [9.17, 15) is 14.3 Å². The van der Waals surface area contributed by atoms with E-state index in [1.54, 1.807) is 12.1 Å². The van der Waals surface area contributed by atoms with Gasteiger partial charge in [-0.25, -0.2) is 4.39 Å². The highest BCUT2D eigenvalue weighted by molar-refractivity contribution is 6.31. The van der Waals surface area contributed by atoms with Crippen LogP contribution < -0.4 is 0 Å². The molecule has 0 aromatic heterocycles. The zero-order chi connectivity index (χ0) is 14.7. The molecule has 1 N–H and O–H groups in total. The summed E-state index contributed by atoms with van der Waals surface area (Å²) in [6, 6.07) is 3.99. The number of hydrogen-bond acceptors (Lipinski definition) is 2. The summed E-state index contributed by atoms with van der Waals surface area (Å²) in [5.74, 6) is -0.779. The Balaban J connectivity index is 2.17. The molecule has 1 saturated heterocycles. The van der Waals surface area contributed by atoms with Crippen molar-refractivity contribution in [2.75, 3.05) is 6.54 Å². The Kier molecular flexibility index (Phi) is 5.00. The van der Waals surface area contributed by atoms with Crippen LogP contribution in [0.25, 0.3) is 0 Å². The molecule has 1 aromatic carbocycles. The van der Waals surface area contributed by atoms with Crippen LogP contribution in [0, 0.1) is 11.7 Å². The molecule has 1 fully saturated rings. The lowest BCUT2D eigenvalue weighted by Crippen LogP contribution is -2.46. The van der Waals surface area contributed by atoms with Crippen molar-refractivity contribution in [3.63, 3.8) is 0 Å². The molecule has 1 aliphatic heterocycles. The molecule has 1 aromatic rings. The first-order chi connectivity index (χ1) is 9.52. The lowest BCUT2D eigenvalue weighted by Gasteiger charge is -2.37. The van der Waals surface area contributed by atoms with Gasteiger partial charge in [0, 0.05) is 17.1 Å². The fourth-order valence-corrected chi connectivity index (χ4v) is 3.01. The molecule has 0 saturated carbocycles. The van der Waals surface area contributed by atoms with E-state index in [-0.39, 0.29) is 12.4 Å². The van der Waals surface area contributed by atoms with Crippen molar-refractivity contribution in [1.82, 2.24) is 4.90 Å². The molecule has 110 valence electrons. The molecule has 3 nitrogen and oxygen atoms in total. The van der Waals surface area contributed by atoms with Crippen molar-refractivity contribution in [1.29, 1.82) is 0 Å². The van der Waals surface area contributed by atoms with Crippen LogP contribution in [-0.4, -0.2) is 28.6 Å². The molecular weight excluding hydrogens is 281 g/mol. The zero-order valence-corrected chi connectivity index (χ0v) is 12.2. The van der Waals surface area contributed by atoms with Crippen molar-refractivity contribution in [3.8, 4) is 0 Å². The summed E-state index contributed by atoms with van der Waals surface area (Å²) in [6.07, 6.45) is 2.56. The Morgan fingerprint density at radius 3 is 2.90 bits per heavy atom. The number of carboxylic acid groups (broad SMARTS) is 1. The van der Waals surface area contributed by atoms with Crippen molar-refractivity contribution in [2.24, 2.45) is 5.92 Å². The van der Waals surface area contributed by atoms with Crippen LogP contribution >= 0.6 is 11.6 Å². The first-order valence-corrected chi connectivity index (χ1v) is 7.30. The van der Waals surface area contributed by atoms with Crippen molar-refractivity contribution in [3.05, 3.63) is 34.6 Å². The van der Waals surface area contributed by atoms with E-state index in [4.69, 9.17) is 11.6 Å². The maximum absolute atomic E-state index is 13.8. The van der Waals surface area contributed by atoms with Crippen LogP contribution in [0.5, 0.6) is 0 Å². The minimum atomic E-state index is -0.837. The average Bonchev–Trinajstić information content (AvgIpc) is 2.43. The molecule has 0 amide bonds. The number of hydrogen-bond donors (Lipinski definition) is 1. The quantitative estimate of drug-likeness (QED) is 0.924. The van der Waals surface area contributed by atoms with E-state index < -0.39 is 12.0 Å². The summed E-state index contributed by atoms with van der Waals surface area (Å²) in [6.45, 7) is 2.99. The summed E-state index contributed by atoms with van der Waals surface area (Å²) in [4.78, 5) is 13.2. The van der Waals surface area contributed by atoms with Gasteiger partial charge in [0.15, 0.2) is 0 Å². The van der Waals surface area contributed by atoms with Crippen molar-refractivity contribution >= 4 is 17.6 Å². The predicted octanol–water partition coefficient (Wildman–Crippen LogP) is 3.55. The molecule has 0 bridgehead atoms. The first-order valence-electron chi connectivity index (χ1n) is 6.92. The molecule has 5 heteroatoms. The lowest BCUT2D eigenvalue weighted by atomic mass is 9.88. The number of piperidine rings is 1. The summed E-state index contributed by atoms with van der Waals surface area (Å²) < 4.78 is 13.8. The fourth-order valence-electron chi connectivity index (χ4n) is 2.79. The normalized spacial score (nSPS) is 23.8. The maximum atomic E-state index is 13.8. The highest BCUT2D eigenvalue weighted by Crippen LogP contribution is 2.29. The fraction of sp³-hybridized carbons (Fsp3) is 0.533. The smallest absolute Gasteiger partial charge is 0.320 e. The minimum Gasteiger partial charge on any atom is -0.480 e. The number of benzene rings is 1. The van der Waals surface area contributed by atoms with Gasteiger partial charge < -0.3 is 5.11 Å². The molecule has 0 aliphatic carbocycles. The van der Waals surface area contributed by atoms with Gasteiger partial charge in [0.1, 0.15) is 11.9 Å². The second-order valence-corrected chi connectivity index (χ2v) is 5.73. The Labute approximate surface area is 123 Å². The third-order valence-electron chi connectivity index (χ3n) is 4.11. The van der Waals surface area contributed by atoms with E-state index in [1.165, 1.54) is 6.07 Å². The van der Waals surface area contributed by atoms with Gasteiger partial charge in [0.05, 0.1) is 0 Å². The summed E-state index contributed by atoms with van der Waals surface area (Å²) in [5, 5.41) is 9.72. The first kappa shape index (κ1) is 15.3. The van der Waals surface area contributed by atoms with E-state index in [0.717, 1.165) is 12.8 Å². The summed E-state index contributed by atoms with van der Waals surface area (Å²) >= 11 is 6.02. The second kappa shape index (κ2) is 6.55. The Hall–Kier alpha value is -1.13. The van der Waals surface area contributed by atoms with E-state index in [1.807, 2.05) is 4.90 Å². The second-order valence-electron chi connectivity index (χ2n) is 5.32. The molecular formula is C15H19ClFNO2. The van der Waals surface area contributed by atoms with Gasteiger partial charge in [-0.1, -0.05) is 31.0 Å². The number of aliphatic carboxylic acids is 1. The summed E-state index contributed by atoms with van der Waals surface area (Å²) in [7, 11) is 0. The standard InChI is InChI=1S/C15H19ClFNO2/c1-2-10-6-7-18(14(8-10)15(19)20)9-11-12(16)4-3-5-13(11)17/h3-5,10,14H,2,6-9H2,1H3,(H,19,20). The van der Waals surface area contributed by atoms with Gasteiger partial charge in [-0.2, -0.15) is 0 Å². The Morgan fingerprint density at radius 2 is 2.30 bits per heavy atom. The van der Waals surface area contributed by atoms with Gasteiger partial charge >= 0.3 is 5.97 Å². The topological polar surface area (TPSA) is 40.5 Å².